The van der Waals surface area contributed by atoms with Crippen LogP contribution in [-0.2, 0) is 6.61 Å². The predicted molar refractivity (Wildman–Crippen MR) is 131 cm³/mol. The van der Waals surface area contributed by atoms with Crippen molar-refractivity contribution in [3.05, 3.63) is 65.8 Å². The van der Waals surface area contributed by atoms with Crippen molar-refractivity contribution in [3.8, 4) is 23.1 Å². The summed E-state index contributed by atoms with van der Waals surface area (Å²) in [5.74, 6) is 3.32. The Morgan fingerprint density at radius 2 is 1.79 bits per heavy atom. The molecule has 0 fully saturated rings. The molecule has 6 aromatic rings. The summed E-state index contributed by atoms with van der Waals surface area (Å²) in [6.07, 6.45) is 1.69. The Morgan fingerprint density at radius 1 is 1.00 bits per heavy atom. The van der Waals surface area contributed by atoms with E-state index in [0.29, 0.717) is 30.6 Å². The van der Waals surface area contributed by atoms with Crippen LogP contribution in [0.15, 0.2) is 53.2 Å². The molecule has 0 aliphatic rings. The molecule has 5 heterocycles. The zero-order chi connectivity index (χ0) is 23.2. The average molecular weight is 472 g/mol. The third-order valence-corrected chi connectivity index (χ3v) is 6.56. The molecule has 8 nitrogen and oxygen atoms in total. The van der Waals surface area contributed by atoms with Crippen molar-refractivity contribution >= 4 is 37.4 Å². The molecular weight excluding hydrogens is 450 g/mol. The summed E-state index contributed by atoms with van der Waals surface area (Å²) >= 11 is 1.59. The van der Waals surface area contributed by atoms with E-state index >= 15 is 0 Å². The fourth-order valence-electron chi connectivity index (χ4n) is 4.00. The summed E-state index contributed by atoms with van der Waals surface area (Å²) < 4.78 is 19.9. The van der Waals surface area contributed by atoms with Crippen molar-refractivity contribution in [2.24, 2.45) is 0 Å². The Morgan fingerprint density at radius 3 is 2.59 bits per heavy atom. The zero-order valence-corrected chi connectivity index (χ0v) is 19.7. The number of thiophene rings is 1. The molecular formula is C25H21N5O3S. The van der Waals surface area contributed by atoms with Gasteiger partial charge in [-0.15, -0.1) is 16.4 Å². The molecule has 0 radical (unpaired) electrons. The molecule has 170 valence electrons. The molecule has 0 unspecified atom stereocenters. The summed E-state index contributed by atoms with van der Waals surface area (Å²) in [6.45, 7) is 6.98. The highest BCUT2D eigenvalue weighted by Crippen LogP contribution is 2.36. The maximum atomic E-state index is 5.97. The minimum atomic E-state index is 0.299. The zero-order valence-electron chi connectivity index (χ0n) is 18.9. The standard InChI is InChI=1S/C25H21N5O3S/c1-4-31-16-5-7-17(8-6-16)32-12-18-9-10-19(33-18)23-28-24-22-21(26-13-30(24)29-23)20-14(2)11-15(3)27-25(20)34-22/h5-11,13H,4,12H2,1-3H3. The molecule has 9 heteroatoms. The van der Waals surface area contributed by atoms with Gasteiger partial charge in [-0.1, -0.05) is 0 Å². The Kier molecular flexibility index (Phi) is 4.91. The van der Waals surface area contributed by atoms with Gasteiger partial charge in [0.05, 0.1) is 12.1 Å². The van der Waals surface area contributed by atoms with Gasteiger partial charge in [-0.2, -0.15) is 0 Å². The van der Waals surface area contributed by atoms with Gasteiger partial charge in [0.2, 0.25) is 5.82 Å². The van der Waals surface area contributed by atoms with Crippen LogP contribution in [0.5, 0.6) is 11.5 Å². The number of rotatable bonds is 6. The highest BCUT2D eigenvalue weighted by atomic mass is 32.1. The number of aryl methyl sites for hydroxylation is 2. The van der Waals surface area contributed by atoms with E-state index in [-0.39, 0.29) is 0 Å². The minimum absolute atomic E-state index is 0.299. The van der Waals surface area contributed by atoms with E-state index in [0.717, 1.165) is 48.8 Å². The van der Waals surface area contributed by atoms with Crippen LogP contribution in [0.1, 0.15) is 23.9 Å². The first kappa shape index (κ1) is 20.6. The molecule has 0 aliphatic carbocycles. The third kappa shape index (κ3) is 3.54. The average Bonchev–Trinajstić information content (AvgIpc) is 3.54. The lowest BCUT2D eigenvalue weighted by Crippen LogP contribution is -1.94. The maximum Gasteiger partial charge on any atom is 0.218 e. The van der Waals surface area contributed by atoms with Gasteiger partial charge >= 0.3 is 0 Å². The number of nitrogens with zero attached hydrogens (tertiary/aromatic N) is 5. The second-order valence-electron chi connectivity index (χ2n) is 7.95. The molecule has 0 saturated carbocycles. The topological polar surface area (TPSA) is 87.6 Å². The Bertz CT molecular complexity index is 1650. The second kappa shape index (κ2) is 8.11. The maximum absolute atomic E-state index is 5.97. The number of hydrogen-bond acceptors (Lipinski definition) is 8. The first-order valence-electron chi connectivity index (χ1n) is 11.0. The summed E-state index contributed by atoms with van der Waals surface area (Å²) in [6, 6.07) is 13.3. The molecule has 0 bridgehead atoms. The normalized spacial score (nSPS) is 11.6. The van der Waals surface area contributed by atoms with Gasteiger partial charge in [0.1, 0.15) is 39.7 Å². The lowest BCUT2D eigenvalue weighted by Gasteiger charge is -2.06. The lowest BCUT2D eigenvalue weighted by molar-refractivity contribution is 0.271. The fraction of sp³-hybridized carbons (Fsp3) is 0.200. The van der Waals surface area contributed by atoms with Crippen LogP contribution in [0.3, 0.4) is 0 Å². The van der Waals surface area contributed by atoms with Crippen molar-refractivity contribution in [2.45, 2.75) is 27.4 Å². The molecule has 6 rings (SSSR count). The van der Waals surface area contributed by atoms with Gasteiger partial charge in [-0.3, -0.25) is 0 Å². The second-order valence-corrected chi connectivity index (χ2v) is 8.95. The SMILES string of the molecule is CCOc1ccc(OCc2ccc(-c3nc4c5sc6nc(C)cc(C)c6c5ncn4n3)o2)cc1. The van der Waals surface area contributed by atoms with Gasteiger partial charge in [0, 0.05) is 11.1 Å². The van der Waals surface area contributed by atoms with E-state index in [4.69, 9.17) is 18.9 Å². The molecule has 34 heavy (non-hydrogen) atoms. The minimum Gasteiger partial charge on any atom is -0.494 e. The van der Waals surface area contributed by atoms with E-state index < -0.39 is 0 Å². The molecule has 0 atom stereocenters. The van der Waals surface area contributed by atoms with Crippen molar-refractivity contribution in [1.82, 2.24) is 24.6 Å². The van der Waals surface area contributed by atoms with Gasteiger partial charge in [-0.25, -0.2) is 19.5 Å². The van der Waals surface area contributed by atoms with Gasteiger partial charge in [-0.05, 0) is 68.8 Å². The van der Waals surface area contributed by atoms with E-state index in [2.05, 4.69) is 28.1 Å². The van der Waals surface area contributed by atoms with E-state index in [9.17, 15) is 0 Å². The number of hydrogen-bond donors (Lipinski definition) is 0. The summed E-state index contributed by atoms with van der Waals surface area (Å²) in [5, 5.41) is 5.66. The van der Waals surface area contributed by atoms with E-state index in [1.54, 1.807) is 22.2 Å². The quantitative estimate of drug-likeness (QED) is 0.306. The van der Waals surface area contributed by atoms with Crippen LogP contribution in [0.4, 0.5) is 0 Å². The molecule has 0 aliphatic heterocycles. The largest absolute Gasteiger partial charge is 0.494 e. The number of furan rings is 1. The molecule has 0 amide bonds. The highest BCUT2D eigenvalue weighted by molar-refractivity contribution is 7.26. The van der Waals surface area contributed by atoms with Crippen LogP contribution in [0, 0.1) is 13.8 Å². The predicted octanol–water partition coefficient (Wildman–Crippen LogP) is 5.74. The Labute approximate surface area is 198 Å². The fourth-order valence-corrected chi connectivity index (χ4v) is 5.23. The van der Waals surface area contributed by atoms with Crippen molar-refractivity contribution in [2.75, 3.05) is 6.61 Å². The molecule has 5 aromatic heterocycles. The van der Waals surface area contributed by atoms with Gasteiger partial charge in [0.25, 0.3) is 0 Å². The lowest BCUT2D eigenvalue weighted by atomic mass is 10.1. The van der Waals surface area contributed by atoms with Gasteiger partial charge < -0.3 is 13.9 Å². The number of benzene rings is 1. The molecule has 0 saturated heterocycles. The Hall–Kier alpha value is -3.98. The van der Waals surface area contributed by atoms with Crippen LogP contribution in [-0.4, -0.2) is 31.2 Å². The van der Waals surface area contributed by atoms with Crippen molar-refractivity contribution in [3.63, 3.8) is 0 Å². The van der Waals surface area contributed by atoms with Gasteiger partial charge in [0.15, 0.2) is 11.4 Å². The van der Waals surface area contributed by atoms with E-state index in [1.165, 1.54) is 0 Å². The smallest absolute Gasteiger partial charge is 0.218 e. The third-order valence-electron chi connectivity index (χ3n) is 5.49. The number of pyridine rings is 1. The molecule has 1 aromatic carbocycles. The molecule has 0 N–H and O–H groups in total. The first-order valence-corrected chi connectivity index (χ1v) is 11.8. The van der Waals surface area contributed by atoms with Crippen LogP contribution in [0.2, 0.25) is 0 Å². The van der Waals surface area contributed by atoms with Crippen molar-refractivity contribution < 1.29 is 13.9 Å². The first-order chi connectivity index (χ1) is 16.6. The summed E-state index contributed by atoms with van der Waals surface area (Å²) in [4.78, 5) is 15.1. The van der Waals surface area contributed by atoms with Crippen LogP contribution < -0.4 is 9.47 Å². The monoisotopic (exact) mass is 471 g/mol. The van der Waals surface area contributed by atoms with Crippen molar-refractivity contribution in [1.29, 1.82) is 0 Å². The summed E-state index contributed by atoms with van der Waals surface area (Å²) in [5.41, 5.74) is 3.79. The Balaban J connectivity index is 1.28. The number of ether oxygens (including phenoxy) is 2. The number of fused-ring (bicyclic) bond motifs is 5. The summed E-state index contributed by atoms with van der Waals surface area (Å²) in [7, 11) is 0. The number of aromatic nitrogens is 5. The highest BCUT2D eigenvalue weighted by Gasteiger charge is 2.18. The van der Waals surface area contributed by atoms with E-state index in [1.807, 2.05) is 50.2 Å². The molecule has 0 spiro atoms. The van der Waals surface area contributed by atoms with Crippen LogP contribution in [0.25, 0.3) is 37.7 Å². The van der Waals surface area contributed by atoms with Crippen LogP contribution >= 0.6 is 11.3 Å².